The zero-order valence-electron chi connectivity index (χ0n) is 15.8. The average Bonchev–Trinajstić information content (AvgIpc) is 2.67. The van der Waals surface area contributed by atoms with E-state index in [2.05, 4.69) is 35.1 Å². The Kier molecular flexibility index (Phi) is 8.16. The van der Waals surface area contributed by atoms with E-state index in [1.54, 1.807) is 18.2 Å². The van der Waals surface area contributed by atoms with Crippen LogP contribution < -0.4 is 20.3 Å². The van der Waals surface area contributed by atoms with Gasteiger partial charge in [0.2, 0.25) is 5.91 Å². The summed E-state index contributed by atoms with van der Waals surface area (Å²) in [5.41, 5.74) is 7.17. The first kappa shape index (κ1) is 20.3. The van der Waals surface area contributed by atoms with E-state index in [1.165, 1.54) is 11.1 Å². The molecule has 6 nitrogen and oxygen atoms in total. The van der Waals surface area contributed by atoms with Crippen molar-refractivity contribution in [1.82, 2.24) is 10.9 Å². The van der Waals surface area contributed by atoms with Gasteiger partial charge in [0.1, 0.15) is 0 Å². The highest BCUT2D eigenvalue weighted by atomic mass is 16.5. The van der Waals surface area contributed by atoms with Crippen LogP contribution in [0.15, 0.2) is 48.5 Å². The lowest BCUT2D eigenvalue weighted by atomic mass is 10.1. The summed E-state index contributed by atoms with van der Waals surface area (Å²) in [6.45, 7) is 4.20. The van der Waals surface area contributed by atoms with Crippen molar-refractivity contribution in [2.75, 3.05) is 13.2 Å². The first-order valence-corrected chi connectivity index (χ1v) is 9.06. The van der Waals surface area contributed by atoms with E-state index in [1.807, 2.05) is 19.9 Å². The van der Waals surface area contributed by atoms with Crippen molar-refractivity contribution < 1.29 is 19.1 Å². The second-order valence-corrected chi connectivity index (χ2v) is 6.10. The van der Waals surface area contributed by atoms with Crippen molar-refractivity contribution in [2.45, 2.75) is 33.1 Å². The minimum Gasteiger partial charge on any atom is -0.490 e. The summed E-state index contributed by atoms with van der Waals surface area (Å²) >= 11 is 0. The molecule has 0 bridgehead atoms. The monoisotopic (exact) mass is 370 g/mol. The van der Waals surface area contributed by atoms with Gasteiger partial charge in [0, 0.05) is 6.42 Å². The SMILES string of the molecule is CCOc1ccccc1OCC(=O)NNC(=O)CCCc1ccc(C)cc1. The Morgan fingerprint density at radius 1 is 0.889 bits per heavy atom. The van der Waals surface area contributed by atoms with Crippen molar-refractivity contribution in [3.63, 3.8) is 0 Å². The minimum atomic E-state index is -0.437. The van der Waals surface area contributed by atoms with E-state index >= 15 is 0 Å². The van der Waals surface area contributed by atoms with Crippen LogP contribution in [0.2, 0.25) is 0 Å². The van der Waals surface area contributed by atoms with Gasteiger partial charge >= 0.3 is 0 Å². The number of ether oxygens (including phenoxy) is 2. The molecule has 0 saturated heterocycles. The Labute approximate surface area is 159 Å². The van der Waals surface area contributed by atoms with Crippen molar-refractivity contribution in [3.8, 4) is 11.5 Å². The van der Waals surface area contributed by atoms with Crippen LogP contribution >= 0.6 is 0 Å². The zero-order valence-corrected chi connectivity index (χ0v) is 15.8. The first-order chi connectivity index (χ1) is 13.1. The van der Waals surface area contributed by atoms with Gasteiger partial charge in [-0.05, 0) is 44.4 Å². The van der Waals surface area contributed by atoms with E-state index in [-0.39, 0.29) is 12.5 Å². The first-order valence-electron chi connectivity index (χ1n) is 9.06. The third-order valence-electron chi connectivity index (χ3n) is 3.84. The van der Waals surface area contributed by atoms with Gasteiger partial charge in [-0.25, -0.2) is 0 Å². The lowest BCUT2D eigenvalue weighted by molar-refractivity contribution is -0.130. The number of carbonyl (C=O) groups is 2. The fraction of sp³-hybridized carbons (Fsp3) is 0.333. The van der Waals surface area contributed by atoms with Gasteiger partial charge < -0.3 is 9.47 Å². The quantitative estimate of drug-likeness (QED) is 0.666. The molecule has 2 rings (SSSR count). The number of hydrazine groups is 1. The highest BCUT2D eigenvalue weighted by Gasteiger charge is 2.08. The molecule has 0 fully saturated rings. The Hall–Kier alpha value is -3.02. The molecule has 0 aliphatic rings. The molecule has 2 amide bonds. The van der Waals surface area contributed by atoms with Crippen LogP contribution in [0.3, 0.4) is 0 Å². The van der Waals surface area contributed by atoms with Gasteiger partial charge in [0.05, 0.1) is 6.61 Å². The summed E-state index contributed by atoms with van der Waals surface area (Å²) in [5, 5.41) is 0. The Morgan fingerprint density at radius 2 is 1.52 bits per heavy atom. The summed E-state index contributed by atoms with van der Waals surface area (Å²) in [6.07, 6.45) is 1.87. The summed E-state index contributed by atoms with van der Waals surface area (Å²) < 4.78 is 10.9. The maximum Gasteiger partial charge on any atom is 0.276 e. The van der Waals surface area contributed by atoms with Gasteiger partial charge in [0.25, 0.3) is 5.91 Å². The number of nitrogens with one attached hydrogen (secondary N) is 2. The second-order valence-electron chi connectivity index (χ2n) is 6.10. The zero-order chi connectivity index (χ0) is 19.5. The molecule has 6 heteroatoms. The van der Waals surface area contributed by atoms with E-state index in [4.69, 9.17) is 9.47 Å². The van der Waals surface area contributed by atoms with E-state index in [0.717, 1.165) is 6.42 Å². The van der Waals surface area contributed by atoms with Crippen LogP contribution in [0.4, 0.5) is 0 Å². The predicted octanol–water partition coefficient (Wildman–Crippen LogP) is 2.94. The van der Waals surface area contributed by atoms with Crippen molar-refractivity contribution in [2.24, 2.45) is 0 Å². The van der Waals surface area contributed by atoms with E-state index in [0.29, 0.717) is 30.9 Å². The molecule has 27 heavy (non-hydrogen) atoms. The standard InChI is InChI=1S/C21H26N2O4/c1-3-26-18-8-4-5-9-19(18)27-15-21(25)23-22-20(24)10-6-7-17-13-11-16(2)12-14-17/h4-5,8-9,11-14H,3,6-7,10,15H2,1-2H3,(H,22,24)(H,23,25). The Bertz CT molecular complexity index is 744. The predicted molar refractivity (Wildman–Crippen MR) is 104 cm³/mol. The third-order valence-corrected chi connectivity index (χ3v) is 3.84. The van der Waals surface area contributed by atoms with E-state index < -0.39 is 5.91 Å². The molecule has 2 aromatic rings. The van der Waals surface area contributed by atoms with Crippen LogP contribution in [-0.2, 0) is 16.0 Å². The van der Waals surface area contributed by atoms with Crippen LogP contribution in [0, 0.1) is 6.92 Å². The van der Waals surface area contributed by atoms with Gasteiger partial charge in [-0.15, -0.1) is 0 Å². The molecular formula is C21H26N2O4. The lowest BCUT2D eigenvalue weighted by Gasteiger charge is -2.12. The summed E-state index contributed by atoms with van der Waals surface area (Å²) in [6, 6.07) is 15.4. The number of aryl methyl sites for hydroxylation is 2. The Balaban J connectivity index is 1.64. The molecule has 2 N–H and O–H groups in total. The molecule has 0 spiro atoms. The fourth-order valence-corrected chi connectivity index (χ4v) is 2.43. The number of benzene rings is 2. The molecule has 0 atom stereocenters. The van der Waals surface area contributed by atoms with E-state index in [9.17, 15) is 9.59 Å². The topological polar surface area (TPSA) is 76.7 Å². The fourth-order valence-electron chi connectivity index (χ4n) is 2.43. The number of rotatable bonds is 9. The van der Waals surface area contributed by atoms with Crippen molar-refractivity contribution in [3.05, 3.63) is 59.7 Å². The molecule has 0 heterocycles. The minimum absolute atomic E-state index is 0.215. The van der Waals surface area contributed by atoms with Crippen LogP contribution in [0.25, 0.3) is 0 Å². The number of carbonyl (C=O) groups excluding carboxylic acids is 2. The molecule has 0 aliphatic carbocycles. The molecule has 0 unspecified atom stereocenters. The van der Waals surface area contributed by atoms with Gasteiger partial charge in [-0.1, -0.05) is 42.0 Å². The largest absolute Gasteiger partial charge is 0.490 e. The number of hydrogen-bond donors (Lipinski definition) is 2. The highest BCUT2D eigenvalue weighted by Crippen LogP contribution is 2.26. The van der Waals surface area contributed by atoms with Gasteiger partial charge in [-0.3, -0.25) is 20.4 Å². The molecule has 2 aromatic carbocycles. The highest BCUT2D eigenvalue weighted by molar-refractivity contribution is 5.82. The van der Waals surface area contributed by atoms with Crippen LogP contribution in [0.1, 0.15) is 30.9 Å². The number of amides is 2. The van der Waals surface area contributed by atoms with Crippen molar-refractivity contribution in [1.29, 1.82) is 0 Å². The van der Waals surface area contributed by atoms with Crippen LogP contribution in [-0.4, -0.2) is 25.0 Å². The van der Waals surface area contributed by atoms with Gasteiger partial charge in [-0.2, -0.15) is 0 Å². The van der Waals surface area contributed by atoms with Gasteiger partial charge in [0.15, 0.2) is 18.1 Å². The summed E-state index contributed by atoms with van der Waals surface area (Å²) in [7, 11) is 0. The summed E-state index contributed by atoms with van der Waals surface area (Å²) in [5.74, 6) is 0.394. The van der Waals surface area contributed by atoms with Crippen LogP contribution in [0.5, 0.6) is 11.5 Å². The number of hydrogen-bond acceptors (Lipinski definition) is 4. The molecule has 0 saturated carbocycles. The molecule has 0 aromatic heterocycles. The molecule has 0 aliphatic heterocycles. The Morgan fingerprint density at radius 3 is 2.19 bits per heavy atom. The number of para-hydroxylation sites is 2. The summed E-state index contributed by atoms with van der Waals surface area (Å²) in [4.78, 5) is 23.6. The molecule has 0 radical (unpaired) electrons. The molecule has 144 valence electrons. The maximum absolute atomic E-state index is 11.8. The smallest absolute Gasteiger partial charge is 0.276 e. The molecular weight excluding hydrogens is 344 g/mol. The third kappa shape index (κ3) is 7.40. The normalized spacial score (nSPS) is 10.1. The average molecular weight is 370 g/mol. The van der Waals surface area contributed by atoms with Crippen molar-refractivity contribution >= 4 is 11.8 Å². The maximum atomic E-state index is 11.8. The lowest BCUT2D eigenvalue weighted by Crippen LogP contribution is -2.43. The second kappa shape index (κ2) is 10.9.